The van der Waals surface area contributed by atoms with Crippen molar-refractivity contribution in [2.75, 3.05) is 0 Å². The van der Waals surface area contributed by atoms with E-state index in [2.05, 4.69) is 11.1 Å². The van der Waals surface area contributed by atoms with Crippen molar-refractivity contribution in [1.82, 2.24) is 4.98 Å². The second-order valence-corrected chi connectivity index (χ2v) is 4.07. The molecule has 3 rings (SSSR count). The topological polar surface area (TPSA) is 45.9 Å². The summed E-state index contributed by atoms with van der Waals surface area (Å²) in [7, 11) is 0. The van der Waals surface area contributed by atoms with E-state index in [4.69, 9.17) is 10.00 Å². The fourth-order valence-corrected chi connectivity index (χ4v) is 1.88. The van der Waals surface area contributed by atoms with Gasteiger partial charge in [0.25, 0.3) is 0 Å². The first-order valence-corrected chi connectivity index (χ1v) is 5.88. The Morgan fingerprint density at radius 3 is 2.79 bits per heavy atom. The minimum absolute atomic E-state index is 0.517. The Morgan fingerprint density at radius 1 is 1.00 bits per heavy atom. The van der Waals surface area contributed by atoms with Gasteiger partial charge in [-0.05, 0) is 30.3 Å². The SMILES string of the molecule is N#Cc1ccccc1Oc1ccc2cccnc2c1. The number of hydrogen-bond donors (Lipinski definition) is 0. The van der Waals surface area contributed by atoms with Crippen LogP contribution >= 0.6 is 0 Å². The minimum atomic E-state index is 0.517. The van der Waals surface area contributed by atoms with Crippen LogP contribution in [-0.2, 0) is 0 Å². The van der Waals surface area contributed by atoms with Crippen molar-refractivity contribution in [2.24, 2.45) is 0 Å². The van der Waals surface area contributed by atoms with Crippen molar-refractivity contribution in [1.29, 1.82) is 5.26 Å². The fourth-order valence-electron chi connectivity index (χ4n) is 1.88. The van der Waals surface area contributed by atoms with E-state index >= 15 is 0 Å². The third kappa shape index (κ3) is 2.24. The van der Waals surface area contributed by atoms with Crippen LogP contribution in [0.2, 0.25) is 0 Å². The van der Waals surface area contributed by atoms with Crippen LogP contribution in [0.4, 0.5) is 0 Å². The molecule has 0 N–H and O–H groups in total. The van der Waals surface area contributed by atoms with Crippen molar-refractivity contribution >= 4 is 10.9 Å². The summed E-state index contributed by atoms with van der Waals surface area (Å²) in [4.78, 5) is 4.28. The number of fused-ring (bicyclic) bond motifs is 1. The summed E-state index contributed by atoms with van der Waals surface area (Å²) in [6, 6.07) is 18.9. The zero-order valence-electron chi connectivity index (χ0n) is 10.1. The summed E-state index contributed by atoms with van der Waals surface area (Å²) in [6.07, 6.45) is 1.75. The predicted octanol–water partition coefficient (Wildman–Crippen LogP) is 3.90. The maximum atomic E-state index is 9.03. The predicted molar refractivity (Wildman–Crippen MR) is 73.0 cm³/mol. The standard InChI is InChI=1S/C16H10N2O/c17-11-13-4-1-2-6-16(13)19-14-8-7-12-5-3-9-18-15(12)10-14/h1-10H. The van der Waals surface area contributed by atoms with Gasteiger partial charge in [0.1, 0.15) is 17.6 Å². The Labute approximate surface area is 110 Å². The lowest BCUT2D eigenvalue weighted by Gasteiger charge is -2.07. The Balaban J connectivity index is 1.99. The summed E-state index contributed by atoms with van der Waals surface area (Å²) in [5, 5.41) is 10.1. The molecule has 2 aromatic carbocycles. The molecule has 1 heterocycles. The first kappa shape index (κ1) is 11.2. The number of nitrogens with zero attached hydrogens (tertiary/aromatic N) is 2. The lowest BCUT2D eigenvalue weighted by atomic mass is 10.2. The molecule has 1 aromatic heterocycles. The molecule has 0 aliphatic carbocycles. The summed E-state index contributed by atoms with van der Waals surface area (Å²) < 4.78 is 5.75. The number of rotatable bonds is 2. The van der Waals surface area contributed by atoms with Crippen LogP contribution < -0.4 is 4.74 Å². The van der Waals surface area contributed by atoms with E-state index in [1.165, 1.54) is 0 Å². The average molecular weight is 246 g/mol. The van der Waals surface area contributed by atoms with Gasteiger partial charge in [-0.3, -0.25) is 4.98 Å². The Hall–Kier alpha value is -2.86. The smallest absolute Gasteiger partial charge is 0.145 e. The van der Waals surface area contributed by atoms with Crippen LogP contribution in [0.25, 0.3) is 10.9 Å². The zero-order valence-corrected chi connectivity index (χ0v) is 10.1. The van der Waals surface area contributed by atoms with E-state index in [-0.39, 0.29) is 0 Å². The summed E-state index contributed by atoms with van der Waals surface area (Å²) in [5.41, 5.74) is 1.39. The molecule has 0 bridgehead atoms. The van der Waals surface area contributed by atoms with Gasteiger partial charge in [-0.1, -0.05) is 18.2 Å². The van der Waals surface area contributed by atoms with Gasteiger partial charge in [-0.15, -0.1) is 0 Å². The van der Waals surface area contributed by atoms with Crippen LogP contribution in [0.5, 0.6) is 11.5 Å². The Kier molecular flexibility index (Phi) is 2.83. The lowest BCUT2D eigenvalue weighted by Crippen LogP contribution is -1.88. The third-order valence-electron chi connectivity index (χ3n) is 2.81. The molecule has 3 heteroatoms. The molecule has 19 heavy (non-hydrogen) atoms. The van der Waals surface area contributed by atoms with E-state index < -0.39 is 0 Å². The fraction of sp³-hybridized carbons (Fsp3) is 0. The first-order valence-electron chi connectivity index (χ1n) is 5.88. The number of para-hydroxylation sites is 1. The van der Waals surface area contributed by atoms with Crippen molar-refractivity contribution in [3.8, 4) is 17.6 Å². The van der Waals surface area contributed by atoms with E-state index in [0.717, 1.165) is 10.9 Å². The maximum Gasteiger partial charge on any atom is 0.145 e. The second-order valence-electron chi connectivity index (χ2n) is 4.07. The number of benzene rings is 2. The highest BCUT2D eigenvalue weighted by Crippen LogP contribution is 2.26. The normalized spacial score (nSPS) is 10.1. The number of pyridine rings is 1. The molecule has 0 aliphatic rings. The van der Waals surface area contributed by atoms with Crippen LogP contribution in [-0.4, -0.2) is 4.98 Å². The number of nitriles is 1. The molecular formula is C16H10N2O. The van der Waals surface area contributed by atoms with Gasteiger partial charge in [0.15, 0.2) is 0 Å². The monoisotopic (exact) mass is 246 g/mol. The molecule has 0 amide bonds. The second kappa shape index (κ2) is 4.79. The van der Waals surface area contributed by atoms with Gasteiger partial charge in [-0.25, -0.2) is 0 Å². The third-order valence-corrected chi connectivity index (χ3v) is 2.81. The van der Waals surface area contributed by atoms with E-state index in [1.54, 1.807) is 18.3 Å². The molecule has 90 valence electrons. The molecule has 0 saturated heterocycles. The minimum Gasteiger partial charge on any atom is -0.456 e. The summed E-state index contributed by atoms with van der Waals surface area (Å²) in [5.74, 6) is 1.23. The van der Waals surface area contributed by atoms with Crippen molar-refractivity contribution < 1.29 is 4.74 Å². The largest absolute Gasteiger partial charge is 0.456 e. The van der Waals surface area contributed by atoms with Crippen LogP contribution in [0.1, 0.15) is 5.56 Å². The van der Waals surface area contributed by atoms with Gasteiger partial charge >= 0.3 is 0 Å². The maximum absolute atomic E-state index is 9.03. The molecule has 0 aliphatic heterocycles. The van der Waals surface area contributed by atoms with Crippen LogP contribution in [0, 0.1) is 11.3 Å². The van der Waals surface area contributed by atoms with Gasteiger partial charge in [0.05, 0.1) is 11.1 Å². The van der Waals surface area contributed by atoms with Gasteiger partial charge in [0.2, 0.25) is 0 Å². The summed E-state index contributed by atoms with van der Waals surface area (Å²) in [6.45, 7) is 0. The number of ether oxygens (including phenoxy) is 1. The van der Waals surface area contributed by atoms with Crippen molar-refractivity contribution in [3.63, 3.8) is 0 Å². The summed E-state index contributed by atoms with van der Waals surface area (Å²) >= 11 is 0. The Morgan fingerprint density at radius 2 is 1.89 bits per heavy atom. The van der Waals surface area contributed by atoms with Gasteiger partial charge in [-0.2, -0.15) is 5.26 Å². The number of hydrogen-bond acceptors (Lipinski definition) is 3. The molecular weight excluding hydrogens is 236 g/mol. The lowest BCUT2D eigenvalue weighted by molar-refractivity contribution is 0.482. The van der Waals surface area contributed by atoms with E-state index in [9.17, 15) is 0 Å². The van der Waals surface area contributed by atoms with Crippen LogP contribution in [0.3, 0.4) is 0 Å². The quantitative estimate of drug-likeness (QED) is 0.688. The molecule has 0 saturated carbocycles. The van der Waals surface area contributed by atoms with Crippen molar-refractivity contribution in [2.45, 2.75) is 0 Å². The van der Waals surface area contributed by atoms with E-state index in [1.807, 2.05) is 42.5 Å². The molecule has 0 radical (unpaired) electrons. The molecule has 3 nitrogen and oxygen atoms in total. The average Bonchev–Trinajstić information content (AvgIpc) is 2.48. The highest BCUT2D eigenvalue weighted by Gasteiger charge is 2.04. The van der Waals surface area contributed by atoms with Gasteiger partial charge in [0, 0.05) is 17.6 Å². The van der Waals surface area contributed by atoms with Crippen LogP contribution in [0.15, 0.2) is 60.8 Å². The molecule has 3 aromatic rings. The van der Waals surface area contributed by atoms with Gasteiger partial charge < -0.3 is 4.74 Å². The van der Waals surface area contributed by atoms with Crippen molar-refractivity contribution in [3.05, 3.63) is 66.4 Å². The molecule has 0 atom stereocenters. The zero-order chi connectivity index (χ0) is 13.1. The number of aromatic nitrogens is 1. The molecule has 0 unspecified atom stereocenters. The highest BCUT2D eigenvalue weighted by molar-refractivity contribution is 5.79. The Bertz CT molecular complexity index is 775. The first-order chi connectivity index (χ1) is 9.36. The van der Waals surface area contributed by atoms with E-state index in [0.29, 0.717) is 17.1 Å². The highest BCUT2D eigenvalue weighted by atomic mass is 16.5. The molecule has 0 spiro atoms. The molecule has 0 fully saturated rings.